The summed E-state index contributed by atoms with van der Waals surface area (Å²) in [4.78, 5) is 23.4. The number of halogens is 2. The molecule has 2 rings (SSSR count). The van der Waals surface area contributed by atoms with Crippen molar-refractivity contribution < 1.29 is 14.3 Å². The normalized spacial score (nSPS) is 10.0. The van der Waals surface area contributed by atoms with Crippen LogP contribution in [0.1, 0.15) is 10.4 Å². The van der Waals surface area contributed by atoms with E-state index in [1.807, 2.05) is 0 Å². The van der Waals surface area contributed by atoms with Gasteiger partial charge < -0.3 is 15.4 Å². The zero-order chi connectivity index (χ0) is 16.8. The van der Waals surface area contributed by atoms with E-state index in [1.165, 1.54) is 7.11 Å². The van der Waals surface area contributed by atoms with E-state index < -0.39 is 5.97 Å². The summed E-state index contributed by atoms with van der Waals surface area (Å²) in [6, 6.07) is 11.4. The predicted molar refractivity (Wildman–Crippen MR) is 91.4 cm³/mol. The molecule has 0 saturated carbocycles. The second-order valence-corrected chi connectivity index (χ2v) is 5.44. The van der Waals surface area contributed by atoms with Crippen molar-refractivity contribution in [2.24, 2.45) is 0 Å². The Morgan fingerprint density at radius 1 is 1.13 bits per heavy atom. The van der Waals surface area contributed by atoms with Gasteiger partial charge in [-0.25, -0.2) is 4.79 Å². The van der Waals surface area contributed by atoms with Crippen LogP contribution in [-0.4, -0.2) is 25.5 Å². The van der Waals surface area contributed by atoms with E-state index in [0.29, 0.717) is 27.0 Å². The Morgan fingerprint density at radius 3 is 2.61 bits per heavy atom. The number of esters is 1. The van der Waals surface area contributed by atoms with Gasteiger partial charge in [-0.1, -0.05) is 29.3 Å². The van der Waals surface area contributed by atoms with Crippen LogP contribution in [0.15, 0.2) is 42.5 Å². The molecule has 5 nitrogen and oxygen atoms in total. The molecule has 2 N–H and O–H groups in total. The van der Waals surface area contributed by atoms with Gasteiger partial charge in [0.05, 0.1) is 29.9 Å². The first-order valence-electron chi connectivity index (χ1n) is 6.67. The van der Waals surface area contributed by atoms with Gasteiger partial charge in [-0.3, -0.25) is 4.79 Å². The number of rotatable bonds is 5. The summed E-state index contributed by atoms with van der Waals surface area (Å²) in [5, 5.41) is 6.55. The lowest BCUT2D eigenvalue weighted by Gasteiger charge is -2.10. The number of nitrogens with one attached hydrogen (secondary N) is 2. The van der Waals surface area contributed by atoms with Gasteiger partial charge in [0.25, 0.3) is 0 Å². The zero-order valence-corrected chi connectivity index (χ0v) is 13.7. The maximum absolute atomic E-state index is 12.0. The average molecular weight is 353 g/mol. The van der Waals surface area contributed by atoms with E-state index in [1.54, 1.807) is 42.5 Å². The summed E-state index contributed by atoms with van der Waals surface area (Å²) in [5.74, 6) is -0.745. The molecule has 0 fully saturated rings. The highest BCUT2D eigenvalue weighted by molar-refractivity contribution is 6.36. The summed E-state index contributed by atoms with van der Waals surface area (Å²) < 4.78 is 4.63. The molecular formula is C16H14Cl2N2O3. The van der Waals surface area contributed by atoms with Crippen molar-refractivity contribution >= 4 is 46.5 Å². The van der Waals surface area contributed by atoms with Crippen LogP contribution in [0.3, 0.4) is 0 Å². The van der Waals surface area contributed by atoms with Crippen molar-refractivity contribution in [3.63, 3.8) is 0 Å². The van der Waals surface area contributed by atoms with E-state index in [2.05, 4.69) is 15.4 Å². The number of ether oxygens (including phenoxy) is 1. The first-order valence-corrected chi connectivity index (χ1v) is 7.42. The van der Waals surface area contributed by atoms with Crippen molar-refractivity contribution in [3.8, 4) is 0 Å². The van der Waals surface area contributed by atoms with Crippen molar-refractivity contribution in [1.82, 2.24) is 0 Å². The quantitative estimate of drug-likeness (QED) is 0.802. The molecule has 0 spiro atoms. The van der Waals surface area contributed by atoms with Gasteiger partial charge in [0, 0.05) is 10.7 Å². The van der Waals surface area contributed by atoms with Crippen molar-refractivity contribution in [2.75, 3.05) is 24.3 Å². The van der Waals surface area contributed by atoms with Crippen molar-refractivity contribution in [1.29, 1.82) is 0 Å². The molecule has 120 valence electrons. The van der Waals surface area contributed by atoms with Gasteiger partial charge in [-0.2, -0.15) is 0 Å². The first kappa shape index (κ1) is 17.1. The molecule has 0 saturated heterocycles. The van der Waals surface area contributed by atoms with Crippen LogP contribution in [0.5, 0.6) is 0 Å². The smallest absolute Gasteiger partial charge is 0.337 e. The third-order valence-corrected chi connectivity index (χ3v) is 3.49. The van der Waals surface area contributed by atoms with Gasteiger partial charge in [0.15, 0.2) is 0 Å². The fourth-order valence-corrected chi connectivity index (χ4v) is 2.33. The fraction of sp³-hybridized carbons (Fsp3) is 0.125. The molecular weight excluding hydrogens is 339 g/mol. The molecule has 0 radical (unpaired) electrons. The summed E-state index contributed by atoms with van der Waals surface area (Å²) in [6.45, 7) is 0.0177. The van der Waals surface area contributed by atoms with Crippen molar-refractivity contribution in [3.05, 3.63) is 58.1 Å². The lowest BCUT2D eigenvalue weighted by molar-refractivity contribution is -0.114. The SMILES string of the molecule is COC(=O)c1cccc(NC(=O)CNc2ccc(Cl)cc2Cl)c1. The third kappa shape index (κ3) is 4.87. The maximum atomic E-state index is 12.0. The monoisotopic (exact) mass is 352 g/mol. The molecule has 2 aromatic carbocycles. The van der Waals surface area contributed by atoms with Gasteiger partial charge in [-0.15, -0.1) is 0 Å². The minimum atomic E-state index is -0.466. The van der Waals surface area contributed by atoms with Gasteiger partial charge in [0.2, 0.25) is 5.91 Å². The van der Waals surface area contributed by atoms with E-state index in [9.17, 15) is 9.59 Å². The van der Waals surface area contributed by atoms with Crippen LogP contribution in [0.25, 0.3) is 0 Å². The topological polar surface area (TPSA) is 67.4 Å². The summed E-state index contributed by atoms with van der Waals surface area (Å²) in [5.41, 5.74) is 1.47. The van der Waals surface area contributed by atoms with Crippen LogP contribution < -0.4 is 10.6 Å². The number of benzene rings is 2. The second kappa shape index (κ2) is 7.85. The molecule has 1 amide bonds. The van der Waals surface area contributed by atoms with Gasteiger partial charge >= 0.3 is 5.97 Å². The average Bonchev–Trinajstić information content (AvgIpc) is 2.53. The highest BCUT2D eigenvalue weighted by Gasteiger charge is 2.08. The van der Waals surface area contributed by atoms with Crippen LogP contribution in [0.4, 0.5) is 11.4 Å². The minimum absolute atomic E-state index is 0.0177. The lowest BCUT2D eigenvalue weighted by atomic mass is 10.2. The lowest BCUT2D eigenvalue weighted by Crippen LogP contribution is -2.22. The van der Waals surface area contributed by atoms with Crippen molar-refractivity contribution in [2.45, 2.75) is 0 Å². The highest BCUT2D eigenvalue weighted by atomic mass is 35.5. The summed E-state index contributed by atoms with van der Waals surface area (Å²) in [6.07, 6.45) is 0. The predicted octanol–water partition coefficient (Wildman–Crippen LogP) is 3.83. The Hall–Kier alpha value is -2.24. The second-order valence-electron chi connectivity index (χ2n) is 4.60. The van der Waals surface area contributed by atoms with E-state index in [4.69, 9.17) is 23.2 Å². The van der Waals surface area contributed by atoms with E-state index in [0.717, 1.165) is 0 Å². The molecule has 7 heteroatoms. The van der Waals surface area contributed by atoms with Gasteiger partial charge in [-0.05, 0) is 36.4 Å². The van der Waals surface area contributed by atoms with E-state index in [-0.39, 0.29) is 12.5 Å². The Morgan fingerprint density at radius 2 is 1.91 bits per heavy atom. The maximum Gasteiger partial charge on any atom is 0.337 e. The Labute approximate surface area is 143 Å². The zero-order valence-electron chi connectivity index (χ0n) is 12.2. The number of hydrogen-bond donors (Lipinski definition) is 2. The Kier molecular flexibility index (Phi) is 5.84. The highest BCUT2D eigenvalue weighted by Crippen LogP contribution is 2.25. The third-order valence-electron chi connectivity index (χ3n) is 2.94. The Balaban J connectivity index is 1.96. The number of carbonyl (C=O) groups excluding carboxylic acids is 2. The molecule has 0 aliphatic rings. The van der Waals surface area contributed by atoms with E-state index >= 15 is 0 Å². The molecule has 2 aromatic rings. The number of amides is 1. The van der Waals surface area contributed by atoms with Crippen LogP contribution >= 0.6 is 23.2 Å². The Bertz CT molecular complexity index is 735. The minimum Gasteiger partial charge on any atom is -0.465 e. The molecule has 0 bridgehead atoms. The number of methoxy groups -OCH3 is 1. The standard InChI is InChI=1S/C16H14Cl2N2O3/c1-23-16(22)10-3-2-4-12(7-10)20-15(21)9-19-14-6-5-11(17)8-13(14)18/h2-8,19H,9H2,1H3,(H,20,21). The number of carbonyl (C=O) groups is 2. The number of anilines is 2. The molecule has 0 heterocycles. The molecule has 0 unspecified atom stereocenters. The molecule has 0 aliphatic carbocycles. The first-order chi connectivity index (χ1) is 11.0. The summed E-state index contributed by atoms with van der Waals surface area (Å²) >= 11 is 11.8. The molecule has 23 heavy (non-hydrogen) atoms. The largest absolute Gasteiger partial charge is 0.465 e. The fourth-order valence-electron chi connectivity index (χ4n) is 1.86. The molecule has 0 atom stereocenters. The van der Waals surface area contributed by atoms with Gasteiger partial charge in [0.1, 0.15) is 0 Å². The number of hydrogen-bond acceptors (Lipinski definition) is 4. The van der Waals surface area contributed by atoms with Crippen LogP contribution in [0.2, 0.25) is 10.0 Å². The van der Waals surface area contributed by atoms with Crippen LogP contribution in [0, 0.1) is 0 Å². The summed E-state index contributed by atoms with van der Waals surface area (Å²) in [7, 11) is 1.30. The molecule has 0 aliphatic heterocycles. The molecule has 0 aromatic heterocycles. The van der Waals surface area contributed by atoms with Crippen LogP contribution in [-0.2, 0) is 9.53 Å².